The molecule has 2 rings (SSSR count). The predicted molar refractivity (Wildman–Crippen MR) is 81.7 cm³/mol. The number of halogens is 2. The molecule has 18 heavy (non-hydrogen) atoms. The first kappa shape index (κ1) is 13.6. The molecule has 0 amide bonds. The van der Waals surface area contributed by atoms with Gasteiger partial charge in [0.05, 0.1) is 12.6 Å². The standard InChI is InChI=1S/C14H13Br2NO/c15-11-6-4-10(5-7-11)14(9-18)17-13-3-1-2-12(16)8-13/h1-8,14,17-18H,9H2. The topological polar surface area (TPSA) is 32.3 Å². The average molecular weight is 371 g/mol. The smallest absolute Gasteiger partial charge is 0.0745 e. The van der Waals surface area contributed by atoms with Gasteiger partial charge in [0.15, 0.2) is 0 Å². The minimum atomic E-state index is -0.104. The summed E-state index contributed by atoms with van der Waals surface area (Å²) in [6.45, 7) is 0.0497. The molecule has 0 saturated carbocycles. The van der Waals surface area contributed by atoms with Crippen molar-refractivity contribution in [3.63, 3.8) is 0 Å². The quantitative estimate of drug-likeness (QED) is 0.838. The molecular formula is C14H13Br2NO. The average Bonchev–Trinajstić information content (AvgIpc) is 2.37. The molecule has 2 nitrogen and oxygen atoms in total. The number of nitrogens with one attached hydrogen (secondary N) is 1. The van der Waals surface area contributed by atoms with E-state index in [1.807, 2.05) is 48.5 Å². The minimum absolute atomic E-state index is 0.0497. The van der Waals surface area contributed by atoms with Crippen molar-refractivity contribution in [3.8, 4) is 0 Å². The maximum absolute atomic E-state index is 9.49. The minimum Gasteiger partial charge on any atom is -0.394 e. The molecule has 0 saturated heterocycles. The van der Waals surface area contributed by atoms with Crippen LogP contribution in [0.1, 0.15) is 11.6 Å². The molecule has 0 spiro atoms. The summed E-state index contributed by atoms with van der Waals surface area (Å²) in [6, 6.07) is 15.7. The number of hydrogen-bond acceptors (Lipinski definition) is 2. The summed E-state index contributed by atoms with van der Waals surface area (Å²) < 4.78 is 2.05. The highest BCUT2D eigenvalue weighted by molar-refractivity contribution is 9.10. The summed E-state index contributed by atoms with van der Waals surface area (Å²) in [5.41, 5.74) is 2.03. The first-order valence-corrected chi connectivity index (χ1v) is 7.16. The Balaban J connectivity index is 2.17. The van der Waals surface area contributed by atoms with Crippen molar-refractivity contribution in [2.75, 3.05) is 11.9 Å². The van der Waals surface area contributed by atoms with E-state index in [1.165, 1.54) is 0 Å². The number of aliphatic hydroxyl groups excluding tert-OH is 1. The summed E-state index contributed by atoms with van der Waals surface area (Å²) in [4.78, 5) is 0. The van der Waals surface area contributed by atoms with Crippen molar-refractivity contribution in [1.82, 2.24) is 0 Å². The zero-order chi connectivity index (χ0) is 13.0. The number of rotatable bonds is 4. The van der Waals surface area contributed by atoms with Gasteiger partial charge in [-0.1, -0.05) is 50.1 Å². The zero-order valence-corrected chi connectivity index (χ0v) is 12.8. The van der Waals surface area contributed by atoms with E-state index in [0.29, 0.717) is 0 Å². The Morgan fingerprint density at radius 3 is 2.33 bits per heavy atom. The van der Waals surface area contributed by atoms with Gasteiger partial charge in [-0.3, -0.25) is 0 Å². The summed E-state index contributed by atoms with van der Waals surface area (Å²) >= 11 is 6.83. The fraction of sp³-hybridized carbons (Fsp3) is 0.143. The van der Waals surface area contributed by atoms with Crippen LogP contribution in [0.15, 0.2) is 57.5 Å². The highest BCUT2D eigenvalue weighted by atomic mass is 79.9. The third-order valence-corrected chi connectivity index (χ3v) is 3.64. The van der Waals surface area contributed by atoms with E-state index in [9.17, 15) is 5.11 Å². The van der Waals surface area contributed by atoms with Gasteiger partial charge in [0.1, 0.15) is 0 Å². The zero-order valence-electron chi connectivity index (χ0n) is 9.61. The van der Waals surface area contributed by atoms with E-state index in [1.54, 1.807) is 0 Å². The Hall–Kier alpha value is -0.840. The summed E-state index contributed by atoms with van der Waals surface area (Å²) in [6.07, 6.45) is 0. The lowest BCUT2D eigenvalue weighted by molar-refractivity contribution is 0.276. The lowest BCUT2D eigenvalue weighted by Crippen LogP contribution is -2.14. The van der Waals surface area contributed by atoms with E-state index >= 15 is 0 Å². The molecule has 1 atom stereocenters. The van der Waals surface area contributed by atoms with Crippen LogP contribution in [0.5, 0.6) is 0 Å². The van der Waals surface area contributed by atoms with Gasteiger partial charge in [-0.05, 0) is 35.9 Å². The van der Waals surface area contributed by atoms with Gasteiger partial charge in [0.2, 0.25) is 0 Å². The fourth-order valence-corrected chi connectivity index (χ4v) is 2.37. The highest BCUT2D eigenvalue weighted by Gasteiger charge is 2.09. The van der Waals surface area contributed by atoms with Gasteiger partial charge >= 0.3 is 0 Å². The van der Waals surface area contributed by atoms with Crippen molar-refractivity contribution in [2.24, 2.45) is 0 Å². The molecule has 2 aromatic carbocycles. The number of aliphatic hydroxyl groups is 1. The Morgan fingerprint density at radius 1 is 1.00 bits per heavy atom. The van der Waals surface area contributed by atoms with Crippen LogP contribution in [0.2, 0.25) is 0 Å². The van der Waals surface area contributed by atoms with Gasteiger partial charge in [-0.25, -0.2) is 0 Å². The number of anilines is 1. The van der Waals surface area contributed by atoms with E-state index in [2.05, 4.69) is 37.2 Å². The molecule has 94 valence electrons. The molecule has 0 radical (unpaired) electrons. The summed E-state index contributed by atoms with van der Waals surface area (Å²) in [5.74, 6) is 0. The molecule has 2 aromatic rings. The predicted octanol–water partition coefficient (Wildman–Crippen LogP) is 4.36. The molecular weight excluding hydrogens is 358 g/mol. The van der Waals surface area contributed by atoms with Crippen LogP contribution in [0.4, 0.5) is 5.69 Å². The Labute approximate surface area is 123 Å². The van der Waals surface area contributed by atoms with Crippen LogP contribution < -0.4 is 5.32 Å². The van der Waals surface area contributed by atoms with Gasteiger partial charge in [0, 0.05) is 14.6 Å². The largest absolute Gasteiger partial charge is 0.394 e. The van der Waals surface area contributed by atoms with Crippen molar-refractivity contribution in [3.05, 3.63) is 63.0 Å². The second kappa shape index (κ2) is 6.36. The maximum Gasteiger partial charge on any atom is 0.0745 e. The van der Waals surface area contributed by atoms with Crippen LogP contribution >= 0.6 is 31.9 Å². The summed E-state index contributed by atoms with van der Waals surface area (Å²) in [5, 5.41) is 12.8. The van der Waals surface area contributed by atoms with Crippen molar-refractivity contribution in [1.29, 1.82) is 0 Å². The van der Waals surface area contributed by atoms with Crippen molar-refractivity contribution < 1.29 is 5.11 Å². The van der Waals surface area contributed by atoms with Gasteiger partial charge in [-0.15, -0.1) is 0 Å². The summed E-state index contributed by atoms with van der Waals surface area (Å²) in [7, 11) is 0. The van der Waals surface area contributed by atoms with Crippen LogP contribution in [0.3, 0.4) is 0 Å². The van der Waals surface area contributed by atoms with Crippen LogP contribution in [0.25, 0.3) is 0 Å². The molecule has 0 aliphatic heterocycles. The molecule has 0 bridgehead atoms. The second-order valence-electron chi connectivity index (χ2n) is 3.94. The highest BCUT2D eigenvalue weighted by Crippen LogP contribution is 2.23. The molecule has 1 unspecified atom stereocenters. The SMILES string of the molecule is OCC(Nc1cccc(Br)c1)c1ccc(Br)cc1. The molecule has 0 fully saturated rings. The molecule has 0 heterocycles. The normalized spacial score (nSPS) is 12.2. The molecule has 2 N–H and O–H groups in total. The van der Waals surface area contributed by atoms with Crippen LogP contribution in [-0.2, 0) is 0 Å². The van der Waals surface area contributed by atoms with Crippen LogP contribution in [0, 0.1) is 0 Å². The molecule has 0 aromatic heterocycles. The Morgan fingerprint density at radius 2 is 1.72 bits per heavy atom. The van der Waals surface area contributed by atoms with E-state index in [-0.39, 0.29) is 12.6 Å². The third-order valence-electron chi connectivity index (χ3n) is 2.62. The van der Waals surface area contributed by atoms with Gasteiger partial charge in [-0.2, -0.15) is 0 Å². The monoisotopic (exact) mass is 369 g/mol. The number of hydrogen-bond donors (Lipinski definition) is 2. The Bertz CT molecular complexity index is 513. The number of benzene rings is 2. The third kappa shape index (κ3) is 3.57. The van der Waals surface area contributed by atoms with Gasteiger partial charge in [0.25, 0.3) is 0 Å². The molecule has 0 aliphatic carbocycles. The second-order valence-corrected chi connectivity index (χ2v) is 5.77. The van der Waals surface area contributed by atoms with Crippen molar-refractivity contribution >= 4 is 37.5 Å². The molecule has 0 aliphatic rings. The van der Waals surface area contributed by atoms with Crippen LogP contribution in [-0.4, -0.2) is 11.7 Å². The lowest BCUT2D eigenvalue weighted by Gasteiger charge is -2.18. The lowest BCUT2D eigenvalue weighted by atomic mass is 10.1. The van der Waals surface area contributed by atoms with E-state index < -0.39 is 0 Å². The van der Waals surface area contributed by atoms with Gasteiger partial charge < -0.3 is 10.4 Å². The maximum atomic E-state index is 9.49. The first-order chi connectivity index (χ1) is 8.69. The molecule has 4 heteroatoms. The fourth-order valence-electron chi connectivity index (χ4n) is 1.71. The van der Waals surface area contributed by atoms with E-state index in [4.69, 9.17) is 0 Å². The first-order valence-electron chi connectivity index (χ1n) is 5.57. The van der Waals surface area contributed by atoms with Crippen molar-refractivity contribution in [2.45, 2.75) is 6.04 Å². The van der Waals surface area contributed by atoms with E-state index in [0.717, 1.165) is 20.2 Å². The Kier molecular flexibility index (Phi) is 4.80.